The highest BCUT2D eigenvalue weighted by Gasteiger charge is 2.19. The maximum atomic E-state index is 12.5. The molecule has 6 heteroatoms. The molecule has 0 spiro atoms. The molecule has 0 saturated carbocycles. The number of carbonyl (C=O) groups excluding carboxylic acids is 2. The summed E-state index contributed by atoms with van der Waals surface area (Å²) in [7, 11) is 0. The van der Waals surface area contributed by atoms with Crippen LogP contribution in [-0.2, 0) is 0 Å². The van der Waals surface area contributed by atoms with Gasteiger partial charge in [0.2, 0.25) is 0 Å². The number of rotatable bonds is 3. The predicted octanol–water partition coefficient (Wildman–Crippen LogP) is 4.28. The largest absolute Gasteiger partial charge is 0.339 e. The van der Waals surface area contributed by atoms with Crippen molar-refractivity contribution in [2.24, 2.45) is 0 Å². The lowest BCUT2D eigenvalue weighted by molar-refractivity contribution is 0.0724. The Morgan fingerprint density at radius 3 is 2.61 bits per heavy atom. The summed E-state index contributed by atoms with van der Waals surface area (Å²) >= 11 is 7.51. The highest BCUT2D eigenvalue weighted by molar-refractivity contribution is 7.12. The second-order valence-corrected chi connectivity index (χ2v) is 6.83. The normalized spacial score (nSPS) is 14.6. The number of hydrogen-bond acceptors (Lipinski definition) is 3. The van der Waals surface area contributed by atoms with Gasteiger partial charge in [-0.15, -0.1) is 11.3 Å². The third kappa shape index (κ3) is 3.74. The van der Waals surface area contributed by atoms with Crippen molar-refractivity contribution in [3.8, 4) is 0 Å². The summed E-state index contributed by atoms with van der Waals surface area (Å²) in [5.41, 5.74) is 1.02. The molecule has 0 aliphatic carbocycles. The summed E-state index contributed by atoms with van der Waals surface area (Å²) in [5.74, 6) is -0.225. The molecule has 1 fully saturated rings. The smallest absolute Gasteiger partial charge is 0.265 e. The van der Waals surface area contributed by atoms with Gasteiger partial charge in [0, 0.05) is 18.7 Å². The number of piperidine rings is 1. The zero-order valence-electron chi connectivity index (χ0n) is 12.5. The maximum absolute atomic E-state index is 12.5. The Kier molecular flexibility index (Phi) is 4.98. The van der Waals surface area contributed by atoms with Gasteiger partial charge in [0.05, 0.1) is 15.6 Å². The number of anilines is 1. The van der Waals surface area contributed by atoms with Gasteiger partial charge in [0.1, 0.15) is 0 Å². The number of nitrogens with one attached hydrogen (secondary N) is 1. The Bertz CT molecular complexity index is 709. The van der Waals surface area contributed by atoms with Crippen LogP contribution in [0.25, 0.3) is 0 Å². The quantitative estimate of drug-likeness (QED) is 0.900. The zero-order chi connectivity index (χ0) is 16.2. The van der Waals surface area contributed by atoms with Gasteiger partial charge < -0.3 is 10.2 Å². The number of benzene rings is 1. The van der Waals surface area contributed by atoms with Gasteiger partial charge in [0.15, 0.2) is 0 Å². The van der Waals surface area contributed by atoms with E-state index in [4.69, 9.17) is 11.6 Å². The molecule has 2 heterocycles. The monoisotopic (exact) mass is 348 g/mol. The molecule has 2 amide bonds. The standard InChI is InChI=1S/C17H17ClN2O2S/c18-13-7-6-12(17(22)20-8-2-1-3-9-20)11-14(13)19-16(21)15-5-4-10-23-15/h4-7,10-11H,1-3,8-9H2,(H,19,21). The van der Waals surface area contributed by atoms with Crippen molar-refractivity contribution in [1.82, 2.24) is 4.90 Å². The molecular formula is C17H17ClN2O2S. The van der Waals surface area contributed by atoms with Crippen molar-refractivity contribution in [2.45, 2.75) is 19.3 Å². The van der Waals surface area contributed by atoms with Crippen molar-refractivity contribution >= 4 is 40.4 Å². The fourth-order valence-corrected chi connectivity index (χ4v) is 3.41. The average Bonchev–Trinajstić information content (AvgIpc) is 3.11. The second kappa shape index (κ2) is 7.15. The first-order chi connectivity index (χ1) is 11.1. The third-order valence-electron chi connectivity index (χ3n) is 3.85. The first-order valence-corrected chi connectivity index (χ1v) is 8.84. The van der Waals surface area contributed by atoms with Crippen molar-refractivity contribution in [2.75, 3.05) is 18.4 Å². The molecule has 3 rings (SSSR count). The molecule has 1 aliphatic heterocycles. The molecule has 0 bridgehead atoms. The predicted molar refractivity (Wildman–Crippen MR) is 93.5 cm³/mol. The summed E-state index contributed by atoms with van der Waals surface area (Å²) in [6.45, 7) is 1.58. The number of nitrogens with zero attached hydrogens (tertiary/aromatic N) is 1. The van der Waals surface area contributed by atoms with Crippen molar-refractivity contribution in [3.63, 3.8) is 0 Å². The molecule has 0 atom stereocenters. The molecule has 120 valence electrons. The fourth-order valence-electron chi connectivity index (χ4n) is 2.63. The molecule has 1 N–H and O–H groups in total. The first kappa shape index (κ1) is 16.0. The van der Waals surface area contributed by atoms with Crippen LogP contribution < -0.4 is 5.32 Å². The number of hydrogen-bond donors (Lipinski definition) is 1. The number of carbonyl (C=O) groups is 2. The van der Waals surface area contributed by atoms with E-state index in [2.05, 4.69) is 5.32 Å². The van der Waals surface area contributed by atoms with Crippen LogP contribution in [0.15, 0.2) is 35.7 Å². The Morgan fingerprint density at radius 1 is 1.13 bits per heavy atom. The third-order valence-corrected chi connectivity index (χ3v) is 5.05. The average molecular weight is 349 g/mol. The molecule has 2 aromatic rings. The van der Waals surface area contributed by atoms with Crippen LogP contribution in [0.3, 0.4) is 0 Å². The lowest BCUT2D eigenvalue weighted by Crippen LogP contribution is -2.35. The zero-order valence-corrected chi connectivity index (χ0v) is 14.1. The van der Waals surface area contributed by atoms with Crippen LogP contribution in [0.1, 0.15) is 39.3 Å². The summed E-state index contributed by atoms with van der Waals surface area (Å²) in [4.78, 5) is 27.2. The van der Waals surface area contributed by atoms with E-state index < -0.39 is 0 Å². The van der Waals surface area contributed by atoms with Crippen LogP contribution in [0, 0.1) is 0 Å². The van der Waals surface area contributed by atoms with Crippen LogP contribution in [0.5, 0.6) is 0 Å². The lowest BCUT2D eigenvalue weighted by atomic mass is 10.1. The minimum atomic E-state index is -0.218. The highest BCUT2D eigenvalue weighted by Crippen LogP contribution is 2.25. The molecule has 4 nitrogen and oxygen atoms in total. The number of amides is 2. The van der Waals surface area contributed by atoms with Crippen molar-refractivity contribution < 1.29 is 9.59 Å². The maximum Gasteiger partial charge on any atom is 0.265 e. The lowest BCUT2D eigenvalue weighted by Gasteiger charge is -2.27. The Balaban J connectivity index is 1.78. The molecular weight excluding hydrogens is 332 g/mol. The molecule has 1 saturated heterocycles. The summed E-state index contributed by atoms with van der Waals surface area (Å²) < 4.78 is 0. The topological polar surface area (TPSA) is 49.4 Å². The molecule has 0 unspecified atom stereocenters. The molecule has 1 aromatic carbocycles. The van der Waals surface area contributed by atoms with Crippen LogP contribution >= 0.6 is 22.9 Å². The van der Waals surface area contributed by atoms with Crippen molar-refractivity contribution in [3.05, 3.63) is 51.2 Å². The highest BCUT2D eigenvalue weighted by atomic mass is 35.5. The van der Waals surface area contributed by atoms with E-state index in [9.17, 15) is 9.59 Å². The second-order valence-electron chi connectivity index (χ2n) is 5.48. The van der Waals surface area contributed by atoms with E-state index in [1.165, 1.54) is 17.8 Å². The Morgan fingerprint density at radius 2 is 1.91 bits per heavy atom. The SMILES string of the molecule is O=C(Nc1cc(C(=O)N2CCCCC2)ccc1Cl)c1cccs1. The molecule has 1 aromatic heterocycles. The van der Waals surface area contributed by atoms with Crippen molar-refractivity contribution in [1.29, 1.82) is 0 Å². The van der Waals surface area contributed by atoms with E-state index in [1.54, 1.807) is 24.3 Å². The van der Waals surface area contributed by atoms with E-state index in [1.807, 2.05) is 16.3 Å². The minimum Gasteiger partial charge on any atom is -0.339 e. The van der Waals surface area contributed by atoms with Gasteiger partial charge in [-0.05, 0) is 48.9 Å². The summed E-state index contributed by atoms with van der Waals surface area (Å²) in [6.07, 6.45) is 3.26. The fraction of sp³-hybridized carbons (Fsp3) is 0.294. The van der Waals surface area contributed by atoms with Gasteiger partial charge in [-0.3, -0.25) is 9.59 Å². The number of thiophene rings is 1. The van der Waals surface area contributed by atoms with Gasteiger partial charge in [-0.2, -0.15) is 0 Å². The first-order valence-electron chi connectivity index (χ1n) is 7.59. The minimum absolute atomic E-state index is 0.00649. The van der Waals surface area contributed by atoms with E-state index in [0.29, 0.717) is 21.2 Å². The van der Waals surface area contributed by atoms with Gasteiger partial charge in [-0.1, -0.05) is 17.7 Å². The summed E-state index contributed by atoms with van der Waals surface area (Å²) in [6, 6.07) is 8.59. The van der Waals surface area contributed by atoms with Crippen LogP contribution in [-0.4, -0.2) is 29.8 Å². The van der Waals surface area contributed by atoms with E-state index in [-0.39, 0.29) is 11.8 Å². The Hall–Kier alpha value is -1.85. The van der Waals surface area contributed by atoms with Gasteiger partial charge in [-0.25, -0.2) is 0 Å². The molecule has 23 heavy (non-hydrogen) atoms. The van der Waals surface area contributed by atoms with Gasteiger partial charge in [0.25, 0.3) is 11.8 Å². The van der Waals surface area contributed by atoms with Crippen LogP contribution in [0.2, 0.25) is 5.02 Å². The number of likely N-dealkylation sites (tertiary alicyclic amines) is 1. The van der Waals surface area contributed by atoms with E-state index >= 15 is 0 Å². The van der Waals surface area contributed by atoms with Gasteiger partial charge >= 0.3 is 0 Å². The molecule has 1 aliphatic rings. The molecule has 0 radical (unpaired) electrons. The number of halogens is 1. The Labute approximate surface area is 144 Å². The van der Waals surface area contributed by atoms with E-state index in [0.717, 1.165) is 25.9 Å². The summed E-state index contributed by atoms with van der Waals surface area (Å²) in [5, 5.41) is 5.04. The van der Waals surface area contributed by atoms with Crippen LogP contribution in [0.4, 0.5) is 5.69 Å².